The summed E-state index contributed by atoms with van der Waals surface area (Å²) in [7, 11) is -0.447. The number of fused-ring (bicyclic) bond motifs is 2. The zero-order valence-corrected chi connectivity index (χ0v) is 22.6. The van der Waals surface area contributed by atoms with Crippen LogP contribution in [0.25, 0.3) is 5.57 Å². The lowest BCUT2D eigenvalue weighted by Crippen LogP contribution is -2.41. The van der Waals surface area contributed by atoms with Crippen molar-refractivity contribution in [1.29, 1.82) is 0 Å². The monoisotopic (exact) mass is 508 g/mol. The summed E-state index contributed by atoms with van der Waals surface area (Å²) in [5, 5.41) is 0.743. The summed E-state index contributed by atoms with van der Waals surface area (Å²) < 4.78 is 17.8. The number of ether oxygens (including phenoxy) is 1. The van der Waals surface area contributed by atoms with Gasteiger partial charge in [-0.1, -0.05) is 29.3 Å². The molecular weight excluding hydrogens is 475 g/mol. The molecule has 0 atom stereocenters. The highest BCUT2D eigenvalue weighted by molar-refractivity contribution is 6.62. The molecule has 0 spiro atoms. The fourth-order valence-electron chi connectivity index (χ4n) is 5.24. The van der Waals surface area contributed by atoms with Gasteiger partial charge in [-0.05, 0) is 89.1 Å². The van der Waals surface area contributed by atoms with Crippen molar-refractivity contribution < 1.29 is 18.8 Å². The molecule has 190 valence electrons. The van der Waals surface area contributed by atoms with Crippen LogP contribution in [0.2, 0.25) is 5.02 Å². The van der Waals surface area contributed by atoms with E-state index in [4.69, 9.17) is 30.6 Å². The van der Waals surface area contributed by atoms with Crippen LogP contribution in [0.3, 0.4) is 0 Å². The summed E-state index contributed by atoms with van der Waals surface area (Å²) in [6.07, 6.45) is 4.97. The molecule has 1 amide bonds. The van der Waals surface area contributed by atoms with E-state index in [0.29, 0.717) is 19.7 Å². The molecule has 0 unspecified atom stereocenters. The van der Waals surface area contributed by atoms with Crippen LogP contribution in [0.1, 0.15) is 69.8 Å². The summed E-state index contributed by atoms with van der Waals surface area (Å²) in [4.78, 5) is 19.1. The van der Waals surface area contributed by atoms with E-state index in [9.17, 15) is 4.79 Å². The van der Waals surface area contributed by atoms with Gasteiger partial charge in [0.15, 0.2) is 0 Å². The van der Waals surface area contributed by atoms with Gasteiger partial charge in [0.25, 0.3) is 0 Å². The fraction of sp³-hybridized carbons (Fsp3) is 0.500. The maximum absolute atomic E-state index is 12.3. The number of hydrogen-bond donors (Lipinski definition) is 0. The van der Waals surface area contributed by atoms with Crippen LogP contribution >= 0.6 is 11.6 Å². The molecule has 2 aliphatic heterocycles. The first-order valence-electron chi connectivity index (χ1n) is 12.9. The largest absolute Gasteiger partial charge is 0.496 e. The van der Waals surface area contributed by atoms with Crippen LogP contribution in [-0.4, -0.2) is 54.0 Å². The van der Waals surface area contributed by atoms with E-state index in [1.54, 1.807) is 4.90 Å². The van der Waals surface area contributed by atoms with Gasteiger partial charge in [0.2, 0.25) is 0 Å². The SMILES string of the molecule is CCOC(=O)N1CCC(=C2c3ccc(Cl)cc3CCc3cc(B4OC(C)(C)C(C)(C)O4)cnc32)CC1. The Hall–Kier alpha value is -2.35. The number of pyridine rings is 1. The smallest absolute Gasteiger partial charge is 0.450 e. The molecule has 0 saturated carbocycles. The number of aryl methyl sites for hydroxylation is 2. The van der Waals surface area contributed by atoms with E-state index in [-0.39, 0.29) is 6.09 Å². The predicted molar refractivity (Wildman–Crippen MR) is 143 cm³/mol. The summed E-state index contributed by atoms with van der Waals surface area (Å²) >= 11 is 6.40. The van der Waals surface area contributed by atoms with E-state index in [2.05, 4.69) is 45.9 Å². The molecule has 0 radical (unpaired) electrons. The molecule has 1 aromatic carbocycles. The Balaban J connectivity index is 1.53. The normalized spacial score (nSPS) is 20.6. The number of likely N-dealkylation sites (tertiary alicyclic amines) is 1. The summed E-state index contributed by atoms with van der Waals surface area (Å²) in [5.41, 5.74) is 7.24. The maximum atomic E-state index is 12.3. The van der Waals surface area contributed by atoms with Crippen LogP contribution in [-0.2, 0) is 26.9 Å². The Morgan fingerprint density at radius 3 is 2.39 bits per heavy atom. The van der Waals surface area contributed by atoms with Gasteiger partial charge < -0.3 is 18.9 Å². The van der Waals surface area contributed by atoms with Crippen LogP contribution in [0, 0.1) is 0 Å². The number of amides is 1. The van der Waals surface area contributed by atoms with Crippen molar-refractivity contribution in [2.24, 2.45) is 0 Å². The van der Waals surface area contributed by atoms with Crippen molar-refractivity contribution in [3.63, 3.8) is 0 Å². The minimum atomic E-state index is -0.447. The molecule has 2 saturated heterocycles. The average molecular weight is 509 g/mol. The molecule has 2 aromatic rings. The third-order valence-electron chi connectivity index (χ3n) is 8.00. The average Bonchev–Trinajstić information content (AvgIpc) is 2.97. The molecule has 36 heavy (non-hydrogen) atoms. The van der Waals surface area contributed by atoms with Crippen LogP contribution in [0.5, 0.6) is 0 Å². The minimum Gasteiger partial charge on any atom is -0.450 e. The molecule has 3 heterocycles. The topological polar surface area (TPSA) is 60.9 Å². The first kappa shape index (κ1) is 25.3. The highest BCUT2D eigenvalue weighted by Crippen LogP contribution is 2.40. The molecule has 6 nitrogen and oxygen atoms in total. The Labute approximate surface area is 219 Å². The molecule has 5 rings (SSSR count). The van der Waals surface area contributed by atoms with Crippen molar-refractivity contribution in [3.05, 3.63) is 63.4 Å². The molecular formula is C28H34BClN2O4. The molecule has 2 fully saturated rings. The second kappa shape index (κ2) is 9.51. The van der Waals surface area contributed by atoms with Gasteiger partial charge in [-0.3, -0.25) is 4.98 Å². The lowest BCUT2D eigenvalue weighted by atomic mass is 9.78. The number of hydrogen-bond acceptors (Lipinski definition) is 5. The Morgan fingerprint density at radius 2 is 1.72 bits per heavy atom. The van der Waals surface area contributed by atoms with E-state index in [1.165, 1.54) is 27.8 Å². The van der Waals surface area contributed by atoms with Gasteiger partial charge in [0.1, 0.15) is 0 Å². The van der Waals surface area contributed by atoms with E-state index >= 15 is 0 Å². The van der Waals surface area contributed by atoms with Crippen molar-refractivity contribution in [2.75, 3.05) is 19.7 Å². The maximum Gasteiger partial charge on any atom is 0.496 e. The van der Waals surface area contributed by atoms with Gasteiger partial charge in [-0.2, -0.15) is 0 Å². The van der Waals surface area contributed by atoms with E-state index in [1.807, 2.05) is 19.2 Å². The Bertz CT molecular complexity index is 1200. The zero-order valence-electron chi connectivity index (χ0n) is 21.8. The van der Waals surface area contributed by atoms with Gasteiger partial charge >= 0.3 is 13.2 Å². The number of piperidine rings is 1. The van der Waals surface area contributed by atoms with Crippen molar-refractivity contribution in [3.8, 4) is 0 Å². The standard InChI is InChI=1S/C28H34BClN2O4/c1-6-34-26(33)32-13-11-18(12-14-32)24-23-10-9-22(30)16-19(23)7-8-20-15-21(17-31-25(20)24)29-35-27(2,3)28(4,5)36-29/h9-10,15-17H,6-8,11-14H2,1-5H3. The molecule has 3 aliphatic rings. The highest BCUT2D eigenvalue weighted by Gasteiger charge is 2.52. The highest BCUT2D eigenvalue weighted by atomic mass is 35.5. The minimum absolute atomic E-state index is 0.236. The van der Waals surface area contributed by atoms with Crippen LogP contribution in [0.15, 0.2) is 36.0 Å². The first-order chi connectivity index (χ1) is 17.1. The third-order valence-corrected chi connectivity index (χ3v) is 8.23. The van der Waals surface area contributed by atoms with Gasteiger partial charge in [-0.25, -0.2) is 4.79 Å². The summed E-state index contributed by atoms with van der Waals surface area (Å²) in [5.74, 6) is 0. The van der Waals surface area contributed by atoms with Crippen molar-refractivity contribution >= 4 is 35.8 Å². The van der Waals surface area contributed by atoms with Gasteiger partial charge in [-0.15, -0.1) is 0 Å². The fourth-order valence-corrected chi connectivity index (χ4v) is 5.44. The van der Waals surface area contributed by atoms with E-state index < -0.39 is 18.3 Å². The van der Waals surface area contributed by atoms with Crippen molar-refractivity contribution in [2.45, 2.75) is 71.5 Å². The number of nitrogens with zero attached hydrogens (tertiary/aromatic N) is 2. The van der Waals surface area contributed by atoms with Gasteiger partial charge in [0.05, 0.1) is 23.5 Å². The molecule has 1 aromatic heterocycles. The summed E-state index contributed by atoms with van der Waals surface area (Å²) in [6, 6.07) is 8.35. The Kier molecular flexibility index (Phi) is 6.69. The molecule has 0 N–H and O–H groups in total. The predicted octanol–water partition coefficient (Wildman–Crippen LogP) is 5.19. The number of carbonyl (C=O) groups excluding carboxylic acids is 1. The third kappa shape index (κ3) is 4.57. The molecule has 0 bridgehead atoms. The van der Waals surface area contributed by atoms with Gasteiger partial charge in [0, 0.05) is 35.3 Å². The Morgan fingerprint density at radius 1 is 1.06 bits per heavy atom. The van der Waals surface area contributed by atoms with Crippen LogP contribution in [0.4, 0.5) is 4.79 Å². The van der Waals surface area contributed by atoms with Crippen molar-refractivity contribution in [1.82, 2.24) is 9.88 Å². The molecule has 1 aliphatic carbocycles. The lowest BCUT2D eigenvalue weighted by molar-refractivity contribution is 0.00578. The lowest BCUT2D eigenvalue weighted by Gasteiger charge is -2.32. The van der Waals surface area contributed by atoms with E-state index in [0.717, 1.165) is 41.9 Å². The summed E-state index contributed by atoms with van der Waals surface area (Å²) in [6.45, 7) is 11.8. The number of benzene rings is 1. The molecule has 8 heteroatoms. The first-order valence-corrected chi connectivity index (χ1v) is 13.2. The number of carbonyl (C=O) groups is 1. The second-order valence-corrected chi connectivity index (χ2v) is 11.3. The quantitative estimate of drug-likeness (QED) is 0.523. The number of rotatable bonds is 2. The van der Waals surface area contributed by atoms with Crippen LogP contribution < -0.4 is 5.46 Å². The number of aromatic nitrogens is 1. The number of halogens is 1. The zero-order chi connectivity index (χ0) is 25.7. The second-order valence-electron chi connectivity index (χ2n) is 10.8.